The number of nitrogens with zero attached hydrogens (tertiary/aromatic N) is 7. The van der Waals surface area contributed by atoms with E-state index in [2.05, 4.69) is 50.8 Å². The number of amides is 5. The number of rotatable bonds is 14. The quantitative estimate of drug-likeness (QED) is 0.0921. The van der Waals surface area contributed by atoms with E-state index in [9.17, 15) is 28.4 Å². The highest BCUT2D eigenvalue weighted by molar-refractivity contribution is 6.23. The highest BCUT2D eigenvalue weighted by Crippen LogP contribution is 2.32. The number of ether oxygens (including phenoxy) is 1. The lowest BCUT2D eigenvalue weighted by Crippen LogP contribution is -2.54. The van der Waals surface area contributed by atoms with Gasteiger partial charge >= 0.3 is 0 Å². The molecular weight excluding hydrogens is 810 g/mol. The molecule has 326 valence electrons. The van der Waals surface area contributed by atoms with Gasteiger partial charge in [-0.1, -0.05) is 6.07 Å². The lowest BCUT2D eigenvalue weighted by molar-refractivity contribution is -0.136. The van der Waals surface area contributed by atoms with Gasteiger partial charge in [-0.2, -0.15) is 5.10 Å². The van der Waals surface area contributed by atoms with Crippen molar-refractivity contribution in [3.05, 3.63) is 95.7 Å². The zero-order chi connectivity index (χ0) is 43.5. The summed E-state index contributed by atoms with van der Waals surface area (Å²) in [6, 6.07) is 17.5. The summed E-state index contributed by atoms with van der Waals surface area (Å²) in [7, 11) is 0. The van der Waals surface area contributed by atoms with Crippen molar-refractivity contribution in [2.45, 2.75) is 44.6 Å². The van der Waals surface area contributed by atoms with Crippen molar-refractivity contribution in [2.75, 3.05) is 74.5 Å². The average molecular weight is 858 g/mol. The Hall–Kier alpha value is -6.79. The maximum atomic E-state index is 13.5. The van der Waals surface area contributed by atoms with Crippen LogP contribution in [0.2, 0.25) is 0 Å². The normalized spacial score (nSPS) is 18.8. The number of H-pyrrole nitrogens is 1. The molecule has 0 aliphatic carbocycles. The molecular formula is C45H48FN11O6. The second-order valence-corrected chi connectivity index (χ2v) is 16.5. The Morgan fingerprint density at radius 3 is 2.49 bits per heavy atom. The lowest BCUT2D eigenvalue weighted by atomic mass is 9.95. The number of piperidine rings is 2. The number of benzene rings is 3. The number of aromatic amines is 1. The Bertz CT molecular complexity index is 2550. The predicted octanol–water partition coefficient (Wildman–Crippen LogP) is 4.12. The van der Waals surface area contributed by atoms with Crippen LogP contribution in [0, 0.1) is 11.7 Å². The fraction of sp³-hybridized carbons (Fsp3) is 0.378. The second kappa shape index (κ2) is 18.3. The standard InChI is InChI=1S/C45H48FN11O6/c46-29-3-1-4-30(21-29)49-41(59)23-31-22-39(53-52-31)50-42-35-8-6-33(25-37(35)47-27-48-42)63-20-2-13-54-14-11-28(12-15-54)26-55-16-18-56(19-17-55)32-5-7-34-36(24-32)45(62)57(44(34)61)38-9-10-40(58)51-43(38)60/h1,3-8,21-22,24-25,27-28,38H,2,9-20,23,26H2,(H,49,59)(H,51,58,60)(H2,47,48,50,52,53). The average Bonchev–Trinajstić information content (AvgIpc) is 3.82. The number of aromatic nitrogens is 4. The summed E-state index contributed by atoms with van der Waals surface area (Å²) in [5.74, 6) is -0.276. The van der Waals surface area contributed by atoms with Gasteiger partial charge in [0, 0.05) is 80.3 Å². The van der Waals surface area contributed by atoms with E-state index in [1.165, 1.54) is 24.5 Å². The number of anilines is 4. The molecule has 63 heavy (non-hydrogen) atoms. The fourth-order valence-corrected chi connectivity index (χ4v) is 8.89. The Morgan fingerprint density at radius 1 is 0.857 bits per heavy atom. The largest absolute Gasteiger partial charge is 0.493 e. The first kappa shape index (κ1) is 41.6. The highest BCUT2D eigenvalue weighted by atomic mass is 19.1. The van der Waals surface area contributed by atoms with Crippen molar-refractivity contribution in [1.29, 1.82) is 0 Å². The zero-order valence-corrected chi connectivity index (χ0v) is 34.6. The number of carbonyl (C=O) groups excluding carboxylic acids is 5. The van der Waals surface area contributed by atoms with E-state index in [1.807, 2.05) is 24.3 Å². The van der Waals surface area contributed by atoms with Gasteiger partial charge < -0.3 is 25.2 Å². The Balaban J connectivity index is 0.678. The molecule has 5 aromatic rings. The van der Waals surface area contributed by atoms with Crippen LogP contribution < -0.4 is 25.6 Å². The molecule has 3 saturated heterocycles. The van der Waals surface area contributed by atoms with E-state index < -0.39 is 35.5 Å². The second-order valence-electron chi connectivity index (χ2n) is 16.5. The third-order valence-corrected chi connectivity index (χ3v) is 12.2. The van der Waals surface area contributed by atoms with Crippen LogP contribution in [0.25, 0.3) is 10.9 Å². The van der Waals surface area contributed by atoms with Crippen LogP contribution >= 0.6 is 0 Å². The summed E-state index contributed by atoms with van der Waals surface area (Å²) in [5.41, 5.74) is 3.18. The summed E-state index contributed by atoms with van der Waals surface area (Å²) in [6.45, 7) is 8.19. The summed E-state index contributed by atoms with van der Waals surface area (Å²) in [4.78, 5) is 80.1. The van der Waals surface area contributed by atoms with Crippen molar-refractivity contribution in [1.82, 2.24) is 40.2 Å². The van der Waals surface area contributed by atoms with Crippen LogP contribution in [-0.2, 0) is 20.8 Å². The lowest BCUT2D eigenvalue weighted by Gasteiger charge is -2.39. The van der Waals surface area contributed by atoms with Crippen LogP contribution in [0.3, 0.4) is 0 Å². The van der Waals surface area contributed by atoms with Gasteiger partial charge in [-0.05, 0) is 93.2 Å². The molecule has 18 heteroatoms. The molecule has 3 fully saturated rings. The van der Waals surface area contributed by atoms with Gasteiger partial charge in [0.05, 0.1) is 29.7 Å². The summed E-state index contributed by atoms with van der Waals surface area (Å²) < 4.78 is 19.6. The Kier molecular flexibility index (Phi) is 12.1. The SMILES string of the molecule is O=C1CCC(N2C(=O)c3ccc(N4CCN(CC5CCN(CCCOc6ccc7c(Nc8cc(CC(=O)Nc9cccc(F)c9)[nH]n8)ncnc7c6)CC5)CC4)cc3C2=O)C(=O)N1. The van der Waals surface area contributed by atoms with Gasteiger partial charge in [-0.25, -0.2) is 14.4 Å². The number of hydrogen-bond donors (Lipinski definition) is 4. The minimum Gasteiger partial charge on any atom is -0.493 e. The number of nitrogens with one attached hydrogen (secondary N) is 4. The first-order chi connectivity index (χ1) is 30.6. The van der Waals surface area contributed by atoms with Gasteiger partial charge in [0.25, 0.3) is 11.8 Å². The van der Waals surface area contributed by atoms with Crippen molar-refractivity contribution in [3.63, 3.8) is 0 Å². The minimum atomic E-state index is -0.972. The number of piperazine rings is 1. The van der Waals surface area contributed by atoms with E-state index in [0.29, 0.717) is 46.7 Å². The van der Waals surface area contributed by atoms with Gasteiger partial charge in [-0.3, -0.25) is 44.2 Å². The molecule has 3 aromatic carbocycles. The van der Waals surface area contributed by atoms with Gasteiger partial charge in [0.2, 0.25) is 17.7 Å². The predicted molar refractivity (Wildman–Crippen MR) is 231 cm³/mol. The molecule has 2 aromatic heterocycles. The summed E-state index contributed by atoms with van der Waals surface area (Å²) in [6.07, 6.45) is 4.94. The number of carbonyl (C=O) groups is 5. The zero-order valence-electron chi connectivity index (χ0n) is 34.6. The molecule has 6 heterocycles. The molecule has 0 saturated carbocycles. The Labute approximate surface area is 362 Å². The van der Waals surface area contributed by atoms with E-state index in [1.54, 1.807) is 24.3 Å². The minimum absolute atomic E-state index is 0.0323. The molecule has 4 aliphatic heterocycles. The molecule has 9 rings (SSSR count). The molecule has 4 N–H and O–H groups in total. The third-order valence-electron chi connectivity index (χ3n) is 12.2. The Morgan fingerprint density at radius 2 is 1.68 bits per heavy atom. The summed E-state index contributed by atoms with van der Waals surface area (Å²) >= 11 is 0. The molecule has 5 amide bonds. The first-order valence-corrected chi connectivity index (χ1v) is 21.4. The topological polar surface area (TPSA) is 198 Å². The molecule has 17 nitrogen and oxygen atoms in total. The van der Waals surface area contributed by atoms with Crippen LogP contribution in [0.15, 0.2) is 73.1 Å². The van der Waals surface area contributed by atoms with E-state index in [-0.39, 0.29) is 25.2 Å². The van der Waals surface area contributed by atoms with Crippen molar-refractivity contribution < 1.29 is 33.1 Å². The van der Waals surface area contributed by atoms with Crippen LogP contribution in [0.1, 0.15) is 58.5 Å². The maximum absolute atomic E-state index is 13.5. The highest BCUT2D eigenvalue weighted by Gasteiger charge is 2.45. The number of halogens is 1. The van der Waals surface area contributed by atoms with E-state index >= 15 is 0 Å². The number of hydrogen-bond acceptors (Lipinski definition) is 13. The molecule has 1 atom stereocenters. The number of likely N-dealkylation sites (tertiary alicyclic amines) is 1. The van der Waals surface area contributed by atoms with Crippen molar-refractivity contribution >= 4 is 63.4 Å². The monoisotopic (exact) mass is 857 g/mol. The first-order valence-electron chi connectivity index (χ1n) is 21.4. The van der Waals surface area contributed by atoms with Gasteiger partial charge in [0.15, 0.2) is 5.82 Å². The van der Waals surface area contributed by atoms with Crippen molar-refractivity contribution in [2.24, 2.45) is 5.92 Å². The third kappa shape index (κ3) is 9.51. The number of fused-ring (bicyclic) bond motifs is 2. The molecule has 0 bridgehead atoms. The maximum Gasteiger partial charge on any atom is 0.262 e. The summed E-state index contributed by atoms with van der Waals surface area (Å²) in [5, 5.41) is 16.0. The van der Waals surface area contributed by atoms with Gasteiger partial charge in [-0.15, -0.1) is 0 Å². The molecule has 4 aliphatic rings. The fourth-order valence-electron chi connectivity index (χ4n) is 8.89. The van der Waals surface area contributed by atoms with E-state index in [4.69, 9.17) is 4.74 Å². The molecule has 0 radical (unpaired) electrons. The van der Waals surface area contributed by atoms with Crippen LogP contribution in [0.5, 0.6) is 5.75 Å². The van der Waals surface area contributed by atoms with Gasteiger partial charge in [0.1, 0.15) is 29.8 Å². The smallest absolute Gasteiger partial charge is 0.262 e. The van der Waals surface area contributed by atoms with Crippen LogP contribution in [-0.4, -0.2) is 129 Å². The van der Waals surface area contributed by atoms with E-state index in [0.717, 1.165) is 98.9 Å². The molecule has 1 unspecified atom stereocenters. The van der Waals surface area contributed by atoms with Crippen LogP contribution in [0.4, 0.5) is 27.4 Å². The molecule has 0 spiro atoms. The number of imide groups is 2. The van der Waals surface area contributed by atoms with Crippen molar-refractivity contribution in [3.8, 4) is 5.75 Å².